The topological polar surface area (TPSA) is 40.5 Å². The molecule has 3 nitrogen and oxygen atoms in total. The summed E-state index contributed by atoms with van der Waals surface area (Å²) in [7, 11) is 2.13. The number of carboxylic acid groups (broad SMARTS) is 1. The zero-order chi connectivity index (χ0) is 14.5. The molecule has 0 spiro atoms. The molecule has 1 aliphatic heterocycles. The summed E-state index contributed by atoms with van der Waals surface area (Å²) in [6, 6.07) is 7.13. The van der Waals surface area contributed by atoms with E-state index in [0.29, 0.717) is 0 Å². The van der Waals surface area contributed by atoms with Crippen molar-refractivity contribution in [3.8, 4) is 0 Å². The van der Waals surface area contributed by atoms with Gasteiger partial charge in [0.25, 0.3) is 6.47 Å². The Morgan fingerprint density at radius 2 is 2.15 bits per heavy atom. The van der Waals surface area contributed by atoms with Crippen molar-refractivity contribution in [3.05, 3.63) is 41.0 Å². The summed E-state index contributed by atoms with van der Waals surface area (Å²) in [6.45, 7) is 1.87. The predicted octanol–water partition coefficient (Wildman–Crippen LogP) is 3.46. The summed E-state index contributed by atoms with van der Waals surface area (Å²) in [5.41, 5.74) is 1.41. The van der Waals surface area contributed by atoms with Crippen LogP contribution >= 0.6 is 11.3 Å². The van der Waals surface area contributed by atoms with Gasteiger partial charge in [-0.15, -0.1) is 11.3 Å². The first-order chi connectivity index (χ1) is 9.63. The maximum atomic E-state index is 13.1. The second-order valence-electron chi connectivity index (χ2n) is 4.64. The molecule has 2 aromatic rings. The molecule has 0 amide bonds. The van der Waals surface area contributed by atoms with Crippen molar-refractivity contribution in [1.82, 2.24) is 4.90 Å². The van der Waals surface area contributed by atoms with E-state index in [1.54, 1.807) is 17.4 Å². The van der Waals surface area contributed by atoms with E-state index in [4.69, 9.17) is 9.90 Å². The highest BCUT2D eigenvalue weighted by Gasteiger charge is 2.12. The molecule has 0 saturated carbocycles. The number of nitrogens with zero attached hydrogens (tertiary/aromatic N) is 1. The lowest BCUT2D eigenvalue weighted by atomic mass is 10.1. The molecule has 0 aliphatic carbocycles. The minimum Gasteiger partial charge on any atom is -0.483 e. The molecule has 1 aromatic carbocycles. The average Bonchev–Trinajstić information content (AvgIpc) is 2.83. The Balaban J connectivity index is 0.000000452. The first kappa shape index (κ1) is 14.7. The number of fused-ring (bicyclic) bond motifs is 1. The van der Waals surface area contributed by atoms with E-state index in [1.807, 2.05) is 6.07 Å². The molecule has 106 valence electrons. The average molecular weight is 293 g/mol. The van der Waals surface area contributed by atoms with Crippen LogP contribution in [0.1, 0.15) is 11.3 Å². The fourth-order valence-corrected chi connectivity index (χ4v) is 3.28. The summed E-state index contributed by atoms with van der Waals surface area (Å²) >= 11 is 1.76. The third kappa shape index (κ3) is 3.43. The van der Waals surface area contributed by atoms with Gasteiger partial charge in [0.15, 0.2) is 0 Å². The number of carbonyl (C=O) groups is 1. The van der Waals surface area contributed by atoms with Gasteiger partial charge in [0.1, 0.15) is 5.82 Å². The highest BCUT2D eigenvalue weighted by atomic mass is 32.1. The quantitative estimate of drug-likeness (QED) is 0.819. The number of halogens is 1. The monoisotopic (exact) mass is 293 g/mol. The number of benzene rings is 1. The van der Waals surface area contributed by atoms with Crippen molar-refractivity contribution in [2.75, 3.05) is 20.1 Å². The lowest BCUT2D eigenvalue weighted by Crippen LogP contribution is -2.23. The molecule has 0 fully saturated rings. The summed E-state index contributed by atoms with van der Waals surface area (Å²) < 4.78 is 14.3. The fourth-order valence-electron chi connectivity index (χ4n) is 2.17. The summed E-state index contributed by atoms with van der Waals surface area (Å²) in [5, 5.41) is 7.91. The van der Waals surface area contributed by atoms with Crippen LogP contribution in [0.2, 0.25) is 0 Å². The van der Waals surface area contributed by atoms with E-state index < -0.39 is 0 Å². The van der Waals surface area contributed by atoms with Crippen molar-refractivity contribution < 1.29 is 14.3 Å². The zero-order valence-corrected chi connectivity index (χ0v) is 12.0. The first-order valence-corrected chi connectivity index (χ1v) is 7.10. The third-order valence-electron chi connectivity index (χ3n) is 3.21. The molecule has 1 N–H and O–H groups in total. The predicted molar refractivity (Wildman–Crippen MR) is 80.6 cm³/mol. The lowest BCUT2D eigenvalue weighted by molar-refractivity contribution is -0.122. The van der Waals surface area contributed by atoms with Crippen LogP contribution in [0.4, 0.5) is 4.39 Å². The van der Waals surface area contributed by atoms with Crippen molar-refractivity contribution in [1.29, 1.82) is 0 Å². The standard InChI is InChI=1S/C14H14FNS.CH2O2/c1-16-6-4-10(5-7-16)14-9-11-8-12(15)2-3-13(11)17-14;2-1-3/h2-4,8-9H,5-7H2,1H3;1H,(H,2,3). The van der Waals surface area contributed by atoms with Crippen LogP contribution in [0.25, 0.3) is 15.7 Å². The van der Waals surface area contributed by atoms with Gasteiger partial charge in [-0.2, -0.15) is 0 Å². The fraction of sp³-hybridized carbons (Fsp3) is 0.267. The molecule has 0 atom stereocenters. The summed E-state index contributed by atoms with van der Waals surface area (Å²) in [4.78, 5) is 12.0. The van der Waals surface area contributed by atoms with E-state index in [9.17, 15) is 4.39 Å². The van der Waals surface area contributed by atoms with E-state index in [0.717, 1.165) is 24.9 Å². The normalized spacial score (nSPS) is 15.4. The minimum absolute atomic E-state index is 0.154. The maximum absolute atomic E-state index is 13.1. The lowest BCUT2D eigenvalue weighted by Gasteiger charge is -2.21. The second-order valence-corrected chi connectivity index (χ2v) is 5.72. The number of thiophene rings is 1. The molecular weight excluding hydrogens is 277 g/mol. The minimum atomic E-state index is -0.250. The van der Waals surface area contributed by atoms with Crippen LogP contribution < -0.4 is 0 Å². The molecule has 1 aromatic heterocycles. The smallest absolute Gasteiger partial charge is 0.290 e. The third-order valence-corrected chi connectivity index (χ3v) is 4.40. The molecule has 5 heteroatoms. The summed E-state index contributed by atoms with van der Waals surface area (Å²) in [6.07, 6.45) is 3.37. The van der Waals surface area contributed by atoms with Gasteiger partial charge in [0.2, 0.25) is 0 Å². The van der Waals surface area contributed by atoms with Crippen LogP contribution in [-0.2, 0) is 4.79 Å². The maximum Gasteiger partial charge on any atom is 0.290 e. The molecule has 1 aliphatic rings. The van der Waals surface area contributed by atoms with Crippen LogP contribution in [0.15, 0.2) is 30.3 Å². The molecule has 0 unspecified atom stereocenters. The van der Waals surface area contributed by atoms with Crippen LogP contribution in [0, 0.1) is 5.82 Å². The molecule has 2 heterocycles. The number of hydrogen-bond donors (Lipinski definition) is 1. The number of likely N-dealkylation sites (N-methyl/N-ethyl adjacent to an activating group) is 1. The molecule has 0 saturated heterocycles. The van der Waals surface area contributed by atoms with E-state index >= 15 is 0 Å². The van der Waals surface area contributed by atoms with Crippen LogP contribution in [0.5, 0.6) is 0 Å². The molecule has 0 bridgehead atoms. The second kappa shape index (κ2) is 6.63. The van der Waals surface area contributed by atoms with Gasteiger partial charge in [0, 0.05) is 22.7 Å². The van der Waals surface area contributed by atoms with Gasteiger partial charge in [-0.1, -0.05) is 6.08 Å². The van der Waals surface area contributed by atoms with Gasteiger partial charge in [-0.3, -0.25) is 4.79 Å². The Labute approximate surface area is 120 Å². The Morgan fingerprint density at radius 1 is 1.40 bits per heavy atom. The number of rotatable bonds is 1. The van der Waals surface area contributed by atoms with Crippen LogP contribution in [0.3, 0.4) is 0 Å². The van der Waals surface area contributed by atoms with Gasteiger partial charge < -0.3 is 10.0 Å². The van der Waals surface area contributed by atoms with E-state index in [2.05, 4.69) is 24.1 Å². The van der Waals surface area contributed by atoms with Crippen LogP contribution in [-0.4, -0.2) is 36.6 Å². The summed E-state index contributed by atoms with van der Waals surface area (Å²) in [5.74, 6) is -0.154. The van der Waals surface area contributed by atoms with Gasteiger partial charge in [-0.05, 0) is 48.7 Å². The Hall–Kier alpha value is -1.72. The molecule has 3 rings (SSSR count). The molecular formula is C15H16FNO2S. The Morgan fingerprint density at radius 3 is 2.80 bits per heavy atom. The zero-order valence-electron chi connectivity index (χ0n) is 11.2. The van der Waals surface area contributed by atoms with Crippen molar-refractivity contribution in [3.63, 3.8) is 0 Å². The highest BCUT2D eigenvalue weighted by Crippen LogP contribution is 2.33. The molecule has 0 radical (unpaired) electrons. The number of hydrogen-bond acceptors (Lipinski definition) is 3. The first-order valence-electron chi connectivity index (χ1n) is 6.29. The largest absolute Gasteiger partial charge is 0.483 e. The van der Waals surface area contributed by atoms with Crippen molar-refractivity contribution in [2.24, 2.45) is 0 Å². The van der Waals surface area contributed by atoms with Gasteiger partial charge in [-0.25, -0.2) is 4.39 Å². The van der Waals surface area contributed by atoms with E-state index in [1.165, 1.54) is 21.2 Å². The Bertz CT molecular complexity index is 636. The molecule has 20 heavy (non-hydrogen) atoms. The van der Waals surface area contributed by atoms with Crippen molar-refractivity contribution in [2.45, 2.75) is 6.42 Å². The van der Waals surface area contributed by atoms with Crippen molar-refractivity contribution >= 4 is 33.5 Å². The van der Waals surface area contributed by atoms with Gasteiger partial charge in [0.05, 0.1) is 0 Å². The highest BCUT2D eigenvalue weighted by molar-refractivity contribution is 7.20. The SMILES string of the molecule is CN1CC=C(c2cc3cc(F)ccc3s2)CC1.O=CO. The Kier molecular flexibility index (Phi) is 4.87. The van der Waals surface area contributed by atoms with Gasteiger partial charge >= 0.3 is 0 Å². The van der Waals surface area contributed by atoms with E-state index in [-0.39, 0.29) is 12.3 Å².